The number of aromatic amines is 1. The molecule has 1 aliphatic carbocycles. The molecule has 2 aliphatic rings. The van der Waals surface area contributed by atoms with Gasteiger partial charge >= 0.3 is 0 Å². The average Bonchev–Trinajstić information content (AvgIpc) is 3.43. The van der Waals surface area contributed by atoms with E-state index < -0.39 is 9.84 Å². The molecule has 9 heteroatoms. The highest BCUT2D eigenvalue weighted by atomic mass is 32.2. The lowest BCUT2D eigenvalue weighted by Crippen LogP contribution is -2.30. The maximum absolute atomic E-state index is 13.1. The molecule has 3 N–H and O–H groups in total. The second-order valence-corrected chi connectivity index (χ2v) is 11.1. The lowest BCUT2D eigenvalue weighted by Gasteiger charge is -2.22. The minimum absolute atomic E-state index is 0.153. The Kier molecular flexibility index (Phi) is 5.58. The average molecular weight is 454 g/mol. The molecule has 0 spiro atoms. The van der Waals surface area contributed by atoms with Gasteiger partial charge in [0.1, 0.15) is 9.84 Å². The van der Waals surface area contributed by atoms with Crippen molar-refractivity contribution < 1.29 is 13.2 Å². The van der Waals surface area contributed by atoms with Gasteiger partial charge in [-0.1, -0.05) is 6.07 Å². The Morgan fingerprint density at radius 2 is 1.91 bits per heavy atom. The molecule has 0 radical (unpaired) electrons. The van der Waals surface area contributed by atoms with Crippen LogP contribution in [0.5, 0.6) is 0 Å². The maximum Gasteiger partial charge on any atom is 0.254 e. The van der Waals surface area contributed by atoms with Gasteiger partial charge < -0.3 is 10.6 Å². The summed E-state index contributed by atoms with van der Waals surface area (Å²) in [6.07, 6.45) is 9.60. The highest BCUT2D eigenvalue weighted by molar-refractivity contribution is 7.91. The molecule has 0 bridgehead atoms. The number of hydrogen-bond acceptors (Lipinski definition) is 6. The summed E-state index contributed by atoms with van der Waals surface area (Å²) in [5, 5.41) is 14.4. The van der Waals surface area contributed by atoms with Crippen molar-refractivity contribution in [2.24, 2.45) is 5.92 Å². The zero-order valence-electron chi connectivity index (χ0n) is 17.8. The van der Waals surface area contributed by atoms with E-state index in [0.717, 1.165) is 47.0 Å². The normalized spacial score (nSPS) is 18.5. The van der Waals surface area contributed by atoms with E-state index in [9.17, 15) is 13.2 Å². The van der Waals surface area contributed by atoms with Crippen LogP contribution in [0.1, 0.15) is 42.5 Å². The number of rotatable bonds is 7. The maximum atomic E-state index is 13.1. The van der Waals surface area contributed by atoms with E-state index in [1.54, 1.807) is 12.4 Å². The summed E-state index contributed by atoms with van der Waals surface area (Å²) in [7, 11) is -2.86. The van der Waals surface area contributed by atoms with E-state index >= 15 is 0 Å². The Morgan fingerprint density at radius 1 is 1.09 bits per heavy atom. The number of pyridine rings is 1. The topological polar surface area (TPSA) is 117 Å². The Bertz CT molecular complexity index is 1220. The number of hydrogen-bond donors (Lipinski definition) is 3. The van der Waals surface area contributed by atoms with Crippen LogP contribution in [0.15, 0.2) is 36.8 Å². The molecule has 1 aliphatic heterocycles. The molecular weight excluding hydrogens is 426 g/mol. The monoisotopic (exact) mass is 453 g/mol. The summed E-state index contributed by atoms with van der Waals surface area (Å²) in [6, 6.07) is 6.41. The number of carbonyl (C=O) groups is 1. The highest BCUT2D eigenvalue weighted by Gasteiger charge is 2.26. The molecule has 2 fully saturated rings. The third-order valence-electron chi connectivity index (χ3n) is 6.38. The van der Waals surface area contributed by atoms with Crippen LogP contribution < -0.4 is 10.6 Å². The first-order valence-electron chi connectivity index (χ1n) is 11.2. The number of fused-ring (bicyclic) bond motifs is 1. The Balaban J connectivity index is 1.35. The summed E-state index contributed by atoms with van der Waals surface area (Å²) in [5.74, 6) is 0.707. The fourth-order valence-corrected chi connectivity index (χ4v) is 5.84. The molecule has 32 heavy (non-hydrogen) atoms. The van der Waals surface area contributed by atoms with Crippen molar-refractivity contribution in [3.63, 3.8) is 0 Å². The fraction of sp³-hybridized carbons (Fsp3) is 0.435. The van der Waals surface area contributed by atoms with Crippen molar-refractivity contribution in [2.45, 2.75) is 38.1 Å². The van der Waals surface area contributed by atoms with Crippen LogP contribution >= 0.6 is 0 Å². The molecule has 0 atom stereocenters. The van der Waals surface area contributed by atoms with Crippen molar-refractivity contribution in [1.29, 1.82) is 0 Å². The SMILES string of the molecule is O=C(NCCC1CCS(=O)(=O)CC1)c1cnc2ccc(-c3cn[nH]c3)cc2c1NC1CC1. The first-order chi connectivity index (χ1) is 15.5. The van der Waals surface area contributed by atoms with Crippen LogP contribution in [0.4, 0.5) is 5.69 Å². The molecule has 168 valence electrons. The Morgan fingerprint density at radius 3 is 2.62 bits per heavy atom. The number of carbonyl (C=O) groups excluding carboxylic acids is 1. The van der Waals surface area contributed by atoms with Gasteiger partial charge in [-0.2, -0.15) is 5.10 Å². The number of sulfone groups is 1. The van der Waals surface area contributed by atoms with E-state index in [4.69, 9.17) is 0 Å². The van der Waals surface area contributed by atoms with Crippen molar-refractivity contribution >= 4 is 32.3 Å². The van der Waals surface area contributed by atoms with Gasteiger partial charge in [0.25, 0.3) is 5.91 Å². The summed E-state index contributed by atoms with van der Waals surface area (Å²) >= 11 is 0. The number of benzene rings is 1. The summed E-state index contributed by atoms with van der Waals surface area (Å²) in [5.41, 5.74) is 4.19. The molecular formula is C23H27N5O3S. The summed E-state index contributed by atoms with van der Waals surface area (Å²) < 4.78 is 23.2. The molecule has 8 nitrogen and oxygen atoms in total. The van der Waals surface area contributed by atoms with Crippen molar-refractivity contribution in [2.75, 3.05) is 23.4 Å². The first kappa shape index (κ1) is 20.9. The molecule has 1 saturated carbocycles. The van der Waals surface area contributed by atoms with E-state index in [0.29, 0.717) is 36.9 Å². The number of nitrogens with one attached hydrogen (secondary N) is 3. The van der Waals surface area contributed by atoms with Crippen LogP contribution in [0, 0.1) is 5.92 Å². The second-order valence-electron chi connectivity index (χ2n) is 8.82. The predicted molar refractivity (Wildman–Crippen MR) is 124 cm³/mol. The molecule has 2 aromatic heterocycles. The number of amides is 1. The molecule has 1 aromatic carbocycles. The van der Waals surface area contributed by atoms with Gasteiger partial charge in [-0.15, -0.1) is 0 Å². The Labute approximate surface area is 187 Å². The van der Waals surface area contributed by atoms with Crippen LogP contribution in [0.3, 0.4) is 0 Å². The van der Waals surface area contributed by atoms with Crippen LogP contribution in [0.25, 0.3) is 22.0 Å². The number of anilines is 1. The van der Waals surface area contributed by atoms with E-state index in [-0.39, 0.29) is 17.4 Å². The minimum atomic E-state index is -2.86. The molecule has 5 rings (SSSR count). The van der Waals surface area contributed by atoms with Crippen LogP contribution in [0.2, 0.25) is 0 Å². The molecule has 1 saturated heterocycles. The van der Waals surface area contributed by atoms with Gasteiger partial charge in [0.05, 0.1) is 34.5 Å². The van der Waals surface area contributed by atoms with Gasteiger partial charge in [0.15, 0.2) is 0 Å². The smallest absolute Gasteiger partial charge is 0.254 e. The standard InChI is InChI=1S/C23H27N5O3S/c29-23(24-8-5-15-6-9-32(30,31)10-7-15)20-14-25-21-4-1-16(17-12-26-27-13-17)11-19(21)22(20)28-18-2-3-18/h1,4,11-15,18H,2-3,5-10H2,(H,24,29)(H,25,28)(H,26,27). The van der Waals surface area contributed by atoms with Crippen LogP contribution in [-0.2, 0) is 9.84 Å². The van der Waals surface area contributed by atoms with Gasteiger partial charge in [-0.05, 0) is 55.7 Å². The zero-order chi connectivity index (χ0) is 22.1. The second kappa shape index (κ2) is 8.54. The van der Waals surface area contributed by atoms with Gasteiger partial charge in [0, 0.05) is 35.9 Å². The van der Waals surface area contributed by atoms with Crippen molar-refractivity contribution in [3.8, 4) is 11.1 Å². The minimum Gasteiger partial charge on any atom is -0.381 e. The lowest BCUT2D eigenvalue weighted by atomic mass is 9.99. The summed E-state index contributed by atoms with van der Waals surface area (Å²) in [4.78, 5) is 17.6. The first-order valence-corrected chi connectivity index (χ1v) is 13.0. The quantitative estimate of drug-likeness (QED) is 0.506. The zero-order valence-corrected chi connectivity index (χ0v) is 18.6. The number of nitrogens with zero attached hydrogens (tertiary/aromatic N) is 2. The van der Waals surface area contributed by atoms with Crippen LogP contribution in [-0.4, -0.2) is 53.6 Å². The fourth-order valence-electron chi connectivity index (χ4n) is 4.25. The van der Waals surface area contributed by atoms with E-state index in [2.05, 4.69) is 31.9 Å². The third-order valence-corrected chi connectivity index (χ3v) is 8.10. The van der Waals surface area contributed by atoms with Gasteiger partial charge in [0.2, 0.25) is 0 Å². The number of aromatic nitrogens is 3. The van der Waals surface area contributed by atoms with Crippen molar-refractivity contribution in [3.05, 3.63) is 42.4 Å². The predicted octanol–water partition coefficient (Wildman–Crippen LogP) is 3.14. The van der Waals surface area contributed by atoms with Gasteiger partial charge in [-0.25, -0.2) is 8.42 Å². The lowest BCUT2D eigenvalue weighted by molar-refractivity contribution is 0.0951. The largest absolute Gasteiger partial charge is 0.381 e. The molecule has 3 aromatic rings. The van der Waals surface area contributed by atoms with E-state index in [1.807, 2.05) is 18.3 Å². The Hall–Kier alpha value is -2.94. The number of H-pyrrole nitrogens is 1. The van der Waals surface area contributed by atoms with Crippen molar-refractivity contribution in [1.82, 2.24) is 20.5 Å². The molecule has 0 unspecified atom stereocenters. The molecule has 1 amide bonds. The highest BCUT2D eigenvalue weighted by Crippen LogP contribution is 2.34. The molecule has 3 heterocycles. The van der Waals surface area contributed by atoms with E-state index in [1.165, 1.54) is 0 Å². The van der Waals surface area contributed by atoms with Gasteiger partial charge in [-0.3, -0.25) is 14.9 Å². The summed E-state index contributed by atoms with van der Waals surface area (Å²) in [6.45, 7) is 0.527. The third kappa shape index (κ3) is 4.62.